The Morgan fingerprint density at radius 3 is 3.00 bits per heavy atom. The number of benzene rings is 1. The molecule has 0 amide bonds. The van der Waals surface area contributed by atoms with Gasteiger partial charge < -0.3 is 5.32 Å². The number of hydrogen-bond donors (Lipinski definition) is 1. The zero-order chi connectivity index (χ0) is 12.5. The van der Waals surface area contributed by atoms with E-state index in [9.17, 15) is 4.39 Å². The molecule has 2 unspecified atom stereocenters. The van der Waals surface area contributed by atoms with E-state index < -0.39 is 0 Å². The van der Waals surface area contributed by atoms with Crippen molar-refractivity contribution < 1.29 is 4.39 Å². The summed E-state index contributed by atoms with van der Waals surface area (Å²) in [6.45, 7) is 3.23. The van der Waals surface area contributed by atoms with Gasteiger partial charge in [0.2, 0.25) is 0 Å². The third-order valence-electron chi connectivity index (χ3n) is 4.10. The molecule has 2 heterocycles. The maximum Gasteiger partial charge on any atom is 0.124 e. The summed E-state index contributed by atoms with van der Waals surface area (Å²) in [5.74, 6) is -0.171. The molecule has 0 aromatic heterocycles. The highest BCUT2D eigenvalue weighted by Crippen LogP contribution is 2.28. The molecule has 2 atom stereocenters. The van der Waals surface area contributed by atoms with E-state index >= 15 is 0 Å². The molecular formula is C14H18BrFN2. The second kappa shape index (κ2) is 5.27. The van der Waals surface area contributed by atoms with Crippen molar-refractivity contribution in [1.82, 2.24) is 10.2 Å². The van der Waals surface area contributed by atoms with E-state index in [1.807, 2.05) is 6.07 Å². The number of rotatable bonds is 3. The fourth-order valence-corrected chi connectivity index (χ4v) is 3.80. The van der Waals surface area contributed by atoms with Gasteiger partial charge in [-0.05, 0) is 49.6 Å². The highest BCUT2D eigenvalue weighted by Gasteiger charge is 2.36. The number of hydrogen-bond acceptors (Lipinski definition) is 2. The van der Waals surface area contributed by atoms with Crippen LogP contribution >= 0.6 is 15.9 Å². The lowest BCUT2D eigenvalue weighted by Crippen LogP contribution is -2.38. The molecule has 1 N–H and O–H groups in total. The van der Waals surface area contributed by atoms with Crippen molar-refractivity contribution in [3.05, 3.63) is 34.1 Å². The predicted octanol–water partition coefficient (Wildman–Crippen LogP) is 2.91. The van der Waals surface area contributed by atoms with Crippen LogP contribution in [-0.2, 0) is 6.54 Å². The Kier molecular flexibility index (Phi) is 3.68. The Balaban J connectivity index is 1.61. The molecule has 4 heteroatoms. The van der Waals surface area contributed by atoms with Crippen LogP contribution in [0.5, 0.6) is 0 Å². The van der Waals surface area contributed by atoms with Crippen molar-refractivity contribution in [2.75, 3.05) is 13.1 Å². The van der Waals surface area contributed by atoms with Gasteiger partial charge in [0.25, 0.3) is 0 Å². The summed E-state index contributed by atoms with van der Waals surface area (Å²) in [6.07, 6.45) is 3.86. The molecular weight excluding hydrogens is 295 g/mol. The molecule has 2 aliphatic rings. The lowest BCUT2D eigenvalue weighted by atomic mass is 10.1. The minimum Gasteiger partial charge on any atom is -0.308 e. The summed E-state index contributed by atoms with van der Waals surface area (Å²) >= 11 is 3.34. The van der Waals surface area contributed by atoms with Crippen LogP contribution in [0.4, 0.5) is 4.39 Å². The quantitative estimate of drug-likeness (QED) is 0.923. The van der Waals surface area contributed by atoms with Gasteiger partial charge in [0.05, 0.1) is 0 Å². The lowest BCUT2D eigenvalue weighted by molar-refractivity contribution is 0.298. The standard InChI is InChI=1S/C14H18BrFN2/c15-11-6-10(7-12(16)8-11)9-17-13-3-5-18-4-1-2-14(13)18/h6-8,13-14,17H,1-5,9H2. The van der Waals surface area contributed by atoms with Crippen LogP contribution in [0.1, 0.15) is 24.8 Å². The van der Waals surface area contributed by atoms with Crippen LogP contribution < -0.4 is 5.32 Å². The first kappa shape index (κ1) is 12.6. The molecule has 1 aromatic rings. The normalized spacial score (nSPS) is 27.7. The fourth-order valence-electron chi connectivity index (χ4n) is 3.28. The van der Waals surface area contributed by atoms with E-state index in [0.717, 1.165) is 16.6 Å². The smallest absolute Gasteiger partial charge is 0.124 e. The molecule has 2 saturated heterocycles. The van der Waals surface area contributed by atoms with E-state index in [1.165, 1.54) is 38.4 Å². The highest BCUT2D eigenvalue weighted by molar-refractivity contribution is 9.10. The van der Waals surface area contributed by atoms with Gasteiger partial charge in [0.1, 0.15) is 5.82 Å². The summed E-state index contributed by atoms with van der Waals surface area (Å²) < 4.78 is 14.1. The Labute approximate surface area is 116 Å². The van der Waals surface area contributed by atoms with Gasteiger partial charge in [0.15, 0.2) is 0 Å². The fraction of sp³-hybridized carbons (Fsp3) is 0.571. The van der Waals surface area contributed by atoms with Gasteiger partial charge in [-0.2, -0.15) is 0 Å². The molecule has 0 radical (unpaired) electrons. The minimum absolute atomic E-state index is 0.171. The first-order valence-electron chi connectivity index (χ1n) is 6.65. The minimum atomic E-state index is -0.171. The van der Waals surface area contributed by atoms with E-state index in [2.05, 4.69) is 26.1 Å². The largest absolute Gasteiger partial charge is 0.308 e. The third kappa shape index (κ3) is 2.60. The van der Waals surface area contributed by atoms with Crippen LogP contribution in [-0.4, -0.2) is 30.1 Å². The van der Waals surface area contributed by atoms with Gasteiger partial charge in [-0.1, -0.05) is 15.9 Å². The van der Waals surface area contributed by atoms with Gasteiger partial charge in [0, 0.05) is 29.6 Å². The summed E-state index contributed by atoms with van der Waals surface area (Å²) in [5, 5.41) is 3.59. The Hall–Kier alpha value is -0.450. The average Bonchev–Trinajstić information content (AvgIpc) is 2.87. The molecule has 18 heavy (non-hydrogen) atoms. The summed E-state index contributed by atoms with van der Waals surface area (Å²) in [6, 6.07) is 6.38. The summed E-state index contributed by atoms with van der Waals surface area (Å²) in [4.78, 5) is 2.58. The van der Waals surface area contributed by atoms with Gasteiger partial charge in [-0.15, -0.1) is 0 Å². The van der Waals surface area contributed by atoms with Gasteiger partial charge >= 0.3 is 0 Å². The Morgan fingerprint density at radius 1 is 1.28 bits per heavy atom. The number of halogens is 2. The molecule has 2 fully saturated rings. The van der Waals surface area contributed by atoms with E-state index in [-0.39, 0.29) is 5.82 Å². The SMILES string of the molecule is Fc1cc(Br)cc(CNC2CCN3CCCC23)c1. The second-order valence-electron chi connectivity index (χ2n) is 5.30. The average molecular weight is 313 g/mol. The van der Waals surface area contributed by atoms with Crippen LogP contribution in [0.25, 0.3) is 0 Å². The van der Waals surface area contributed by atoms with Crippen molar-refractivity contribution in [3.63, 3.8) is 0 Å². The molecule has 98 valence electrons. The molecule has 0 aliphatic carbocycles. The van der Waals surface area contributed by atoms with E-state index in [0.29, 0.717) is 12.1 Å². The maximum absolute atomic E-state index is 13.3. The highest BCUT2D eigenvalue weighted by atomic mass is 79.9. The van der Waals surface area contributed by atoms with E-state index in [1.54, 1.807) is 6.07 Å². The molecule has 3 rings (SSSR count). The molecule has 0 saturated carbocycles. The second-order valence-corrected chi connectivity index (χ2v) is 6.21. The Bertz CT molecular complexity index is 418. The zero-order valence-corrected chi connectivity index (χ0v) is 11.9. The number of nitrogens with one attached hydrogen (secondary N) is 1. The zero-order valence-electron chi connectivity index (χ0n) is 10.3. The van der Waals surface area contributed by atoms with Crippen molar-refractivity contribution in [3.8, 4) is 0 Å². The molecule has 2 nitrogen and oxygen atoms in total. The first-order valence-corrected chi connectivity index (χ1v) is 7.44. The van der Waals surface area contributed by atoms with Crippen molar-refractivity contribution in [2.24, 2.45) is 0 Å². The van der Waals surface area contributed by atoms with Crippen LogP contribution in [0.2, 0.25) is 0 Å². The van der Waals surface area contributed by atoms with Crippen molar-refractivity contribution >= 4 is 15.9 Å². The van der Waals surface area contributed by atoms with Crippen LogP contribution in [0, 0.1) is 5.82 Å². The lowest BCUT2D eigenvalue weighted by Gasteiger charge is -2.21. The predicted molar refractivity (Wildman–Crippen MR) is 73.9 cm³/mol. The monoisotopic (exact) mass is 312 g/mol. The number of fused-ring (bicyclic) bond motifs is 1. The first-order chi connectivity index (χ1) is 8.72. The van der Waals surface area contributed by atoms with Gasteiger partial charge in [-0.3, -0.25) is 4.90 Å². The van der Waals surface area contributed by atoms with E-state index in [4.69, 9.17) is 0 Å². The summed E-state index contributed by atoms with van der Waals surface area (Å²) in [7, 11) is 0. The summed E-state index contributed by atoms with van der Waals surface area (Å²) in [5.41, 5.74) is 1.01. The topological polar surface area (TPSA) is 15.3 Å². The van der Waals surface area contributed by atoms with Crippen LogP contribution in [0.3, 0.4) is 0 Å². The maximum atomic E-state index is 13.3. The molecule has 0 spiro atoms. The van der Waals surface area contributed by atoms with Crippen molar-refractivity contribution in [1.29, 1.82) is 0 Å². The van der Waals surface area contributed by atoms with Crippen LogP contribution in [0.15, 0.2) is 22.7 Å². The number of nitrogens with zero attached hydrogens (tertiary/aromatic N) is 1. The third-order valence-corrected chi connectivity index (χ3v) is 4.55. The van der Waals surface area contributed by atoms with Crippen molar-refractivity contribution in [2.45, 2.75) is 37.9 Å². The van der Waals surface area contributed by atoms with Gasteiger partial charge in [-0.25, -0.2) is 4.39 Å². The molecule has 1 aromatic carbocycles. The Morgan fingerprint density at radius 2 is 2.17 bits per heavy atom. The molecule has 0 bridgehead atoms. The molecule has 2 aliphatic heterocycles.